The van der Waals surface area contributed by atoms with Crippen molar-refractivity contribution >= 4 is 17.6 Å². The second-order valence-corrected chi connectivity index (χ2v) is 3.93. The Morgan fingerprint density at radius 2 is 1.89 bits per heavy atom. The number of esters is 1. The molecule has 0 aliphatic carbocycles. The van der Waals surface area contributed by atoms with Gasteiger partial charge in [-0.1, -0.05) is 12.1 Å². The van der Waals surface area contributed by atoms with Crippen LogP contribution in [0.4, 0.5) is 5.69 Å². The minimum Gasteiger partial charge on any atom is -0.467 e. The van der Waals surface area contributed by atoms with Gasteiger partial charge in [0.15, 0.2) is 0 Å². The van der Waals surface area contributed by atoms with Gasteiger partial charge in [0, 0.05) is 26.1 Å². The summed E-state index contributed by atoms with van der Waals surface area (Å²) in [5, 5.41) is 5.59. The van der Waals surface area contributed by atoms with Gasteiger partial charge in [-0.05, 0) is 17.7 Å². The molecule has 0 aliphatic heterocycles. The normalized spacial score (nSPS) is 11.5. The molecule has 0 radical (unpaired) electrons. The van der Waals surface area contributed by atoms with Gasteiger partial charge in [-0.2, -0.15) is 0 Å². The van der Waals surface area contributed by atoms with Crippen LogP contribution in [-0.4, -0.2) is 32.1 Å². The fraction of sp³-hybridized carbons (Fsp3) is 0.385. The van der Waals surface area contributed by atoms with Crippen LogP contribution in [0.2, 0.25) is 0 Å². The molecule has 0 unspecified atom stereocenters. The maximum atomic E-state index is 11.5. The number of carbonyl (C=O) groups excluding carboxylic acids is 2. The van der Waals surface area contributed by atoms with E-state index < -0.39 is 12.0 Å². The van der Waals surface area contributed by atoms with Gasteiger partial charge in [0.2, 0.25) is 5.91 Å². The van der Waals surface area contributed by atoms with E-state index in [9.17, 15) is 9.59 Å². The lowest BCUT2D eigenvalue weighted by atomic mass is 10.1. The predicted octanol–water partition coefficient (Wildman–Crippen LogP) is 0.948. The summed E-state index contributed by atoms with van der Waals surface area (Å²) in [6, 6.07) is 7.00. The molecule has 1 aromatic rings. The highest BCUT2D eigenvalue weighted by Gasteiger charge is 2.20. The largest absolute Gasteiger partial charge is 0.467 e. The van der Waals surface area contributed by atoms with E-state index in [1.54, 1.807) is 0 Å². The first-order chi connectivity index (χ1) is 8.56. The van der Waals surface area contributed by atoms with E-state index in [-0.39, 0.29) is 5.91 Å². The molecule has 0 heterocycles. The van der Waals surface area contributed by atoms with Crippen LogP contribution in [0.3, 0.4) is 0 Å². The monoisotopic (exact) mass is 250 g/mol. The number of nitrogens with one attached hydrogen (secondary N) is 2. The summed E-state index contributed by atoms with van der Waals surface area (Å²) in [7, 11) is 3.14. The van der Waals surface area contributed by atoms with Gasteiger partial charge in [-0.25, -0.2) is 4.79 Å². The molecule has 0 saturated carbocycles. The van der Waals surface area contributed by atoms with Crippen LogP contribution in [0.25, 0.3) is 0 Å². The second-order valence-electron chi connectivity index (χ2n) is 3.93. The highest BCUT2D eigenvalue weighted by molar-refractivity contribution is 5.83. The van der Waals surface area contributed by atoms with E-state index in [0.717, 1.165) is 11.3 Å². The summed E-state index contributed by atoms with van der Waals surface area (Å²) >= 11 is 0. The first-order valence-electron chi connectivity index (χ1n) is 5.68. The lowest BCUT2D eigenvalue weighted by Crippen LogP contribution is -2.41. The number of amides is 1. The van der Waals surface area contributed by atoms with Crippen molar-refractivity contribution < 1.29 is 14.3 Å². The van der Waals surface area contributed by atoms with Crippen molar-refractivity contribution in [1.82, 2.24) is 5.32 Å². The molecule has 98 valence electrons. The van der Waals surface area contributed by atoms with Gasteiger partial charge >= 0.3 is 5.97 Å². The third-order valence-corrected chi connectivity index (χ3v) is 2.55. The zero-order valence-electron chi connectivity index (χ0n) is 10.8. The first-order valence-corrected chi connectivity index (χ1v) is 5.68. The number of benzene rings is 1. The van der Waals surface area contributed by atoms with Crippen molar-refractivity contribution in [2.45, 2.75) is 19.4 Å². The maximum Gasteiger partial charge on any atom is 0.328 e. The Bertz CT molecular complexity index is 415. The number of rotatable bonds is 5. The van der Waals surface area contributed by atoms with Crippen LogP contribution in [0, 0.1) is 0 Å². The van der Waals surface area contributed by atoms with Crippen molar-refractivity contribution in [2.24, 2.45) is 0 Å². The average Bonchev–Trinajstić information content (AvgIpc) is 2.37. The highest BCUT2D eigenvalue weighted by Crippen LogP contribution is 2.11. The molecular formula is C13H18N2O3. The molecule has 1 atom stereocenters. The van der Waals surface area contributed by atoms with E-state index in [1.165, 1.54) is 14.0 Å². The fourth-order valence-electron chi connectivity index (χ4n) is 1.62. The van der Waals surface area contributed by atoms with Gasteiger partial charge in [0.25, 0.3) is 0 Å². The minimum absolute atomic E-state index is 0.253. The Morgan fingerprint density at radius 1 is 1.28 bits per heavy atom. The third-order valence-electron chi connectivity index (χ3n) is 2.55. The van der Waals surface area contributed by atoms with E-state index in [0.29, 0.717) is 6.42 Å². The number of methoxy groups -OCH3 is 1. The zero-order chi connectivity index (χ0) is 13.5. The molecule has 1 rings (SSSR count). The second kappa shape index (κ2) is 6.64. The molecule has 5 heteroatoms. The van der Waals surface area contributed by atoms with Crippen LogP contribution in [0.1, 0.15) is 12.5 Å². The number of anilines is 1. The van der Waals surface area contributed by atoms with Crippen LogP contribution in [0.5, 0.6) is 0 Å². The Kier molecular flexibility index (Phi) is 5.17. The number of hydrogen-bond acceptors (Lipinski definition) is 4. The highest BCUT2D eigenvalue weighted by atomic mass is 16.5. The molecule has 0 spiro atoms. The van der Waals surface area contributed by atoms with Gasteiger partial charge in [-0.3, -0.25) is 4.79 Å². The molecule has 0 bridgehead atoms. The first kappa shape index (κ1) is 14.0. The fourth-order valence-corrected chi connectivity index (χ4v) is 1.62. The summed E-state index contributed by atoms with van der Waals surface area (Å²) in [6.45, 7) is 1.38. The number of hydrogen-bond donors (Lipinski definition) is 2. The van der Waals surface area contributed by atoms with Gasteiger partial charge < -0.3 is 15.4 Å². The van der Waals surface area contributed by atoms with Crippen molar-refractivity contribution in [3.05, 3.63) is 29.8 Å². The smallest absolute Gasteiger partial charge is 0.328 e. The number of carbonyl (C=O) groups is 2. The summed E-state index contributed by atoms with van der Waals surface area (Å²) in [5.74, 6) is -0.694. The van der Waals surface area contributed by atoms with Crippen LogP contribution < -0.4 is 10.6 Å². The van der Waals surface area contributed by atoms with E-state index in [1.807, 2.05) is 31.3 Å². The molecule has 2 N–H and O–H groups in total. The van der Waals surface area contributed by atoms with Crippen LogP contribution in [0.15, 0.2) is 24.3 Å². The lowest BCUT2D eigenvalue weighted by Gasteiger charge is -2.15. The van der Waals surface area contributed by atoms with Crippen LogP contribution >= 0.6 is 0 Å². The van der Waals surface area contributed by atoms with Crippen molar-refractivity contribution in [3.8, 4) is 0 Å². The molecule has 0 aliphatic rings. The predicted molar refractivity (Wildman–Crippen MR) is 69.3 cm³/mol. The molecule has 18 heavy (non-hydrogen) atoms. The average molecular weight is 250 g/mol. The standard InChI is InChI=1S/C13H18N2O3/c1-9(16)15-12(13(17)18-3)8-10-4-6-11(14-2)7-5-10/h4-7,12,14H,8H2,1-3H3,(H,15,16)/t12-/m0/s1. The lowest BCUT2D eigenvalue weighted by molar-refractivity contribution is -0.144. The molecule has 1 aromatic carbocycles. The third kappa shape index (κ3) is 4.08. The van der Waals surface area contributed by atoms with E-state index in [2.05, 4.69) is 15.4 Å². The van der Waals surface area contributed by atoms with E-state index in [4.69, 9.17) is 0 Å². The molecular weight excluding hydrogens is 232 g/mol. The van der Waals surface area contributed by atoms with E-state index >= 15 is 0 Å². The van der Waals surface area contributed by atoms with Gasteiger partial charge in [-0.15, -0.1) is 0 Å². The zero-order valence-corrected chi connectivity index (χ0v) is 10.8. The quantitative estimate of drug-likeness (QED) is 0.763. The van der Waals surface area contributed by atoms with Crippen molar-refractivity contribution in [3.63, 3.8) is 0 Å². The summed E-state index contributed by atoms with van der Waals surface area (Å²) in [5.41, 5.74) is 1.95. The van der Waals surface area contributed by atoms with Crippen molar-refractivity contribution in [2.75, 3.05) is 19.5 Å². The summed E-state index contributed by atoms with van der Waals surface area (Å²) in [6.07, 6.45) is 0.413. The topological polar surface area (TPSA) is 67.4 Å². The summed E-state index contributed by atoms with van der Waals surface area (Å²) < 4.78 is 4.66. The maximum absolute atomic E-state index is 11.5. The Labute approximate surface area is 107 Å². The van der Waals surface area contributed by atoms with Crippen LogP contribution in [-0.2, 0) is 20.7 Å². The molecule has 1 amide bonds. The van der Waals surface area contributed by atoms with Crippen molar-refractivity contribution in [1.29, 1.82) is 0 Å². The minimum atomic E-state index is -0.645. The number of ether oxygens (including phenoxy) is 1. The molecule has 0 saturated heterocycles. The SMILES string of the molecule is CNc1ccc(C[C@H](NC(C)=O)C(=O)OC)cc1. The Hall–Kier alpha value is -2.04. The molecule has 0 aromatic heterocycles. The molecule has 0 fully saturated rings. The van der Waals surface area contributed by atoms with Gasteiger partial charge in [0.1, 0.15) is 6.04 Å². The molecule has 5 nitrogen and oxygen atoms in total. The van der Waals surface area contributed by atoms with Gasteiger partial charge in [0.05, 0.1) is 7.11 Å². The Balaban J connectivity index is 2.75. The summed E-state index contributed by atoms with van der Waals surface area (Å²) in [4.78, 5) is 22.6. The Morgan fingerprint density at radius 3 is 2.33 bits per heavy atom.